The summed E-state index contributed by atoms with van der Waals surface area (Å²) in [6.45, 7) is 0.269. The van der Waals surface area contributed by atoms with Gasteiger partial charge in [0.2, 0.25) is 0 Å². The number of rotatable bonds is 3. The molecule has 0 unspecified atom stereocenters. The van der Waals surface area contributed by atoms with E-state index < -0.39 is 11.6 Å². The van der Waals surface area contributed by atoms with Crippen LogP contribution in [0.4, 0.5) is 8.78 Å². The van der Waals surface area contributed by atoms with Gasteiger partial charge >= 0.3 is 0 Å². The topological polar surface area (TPSA) is 24.1 Å². The number of halogens is 2. The van der Waals surface area contributed by atoms with Crippen LogP contribution in [0, 0.1) is 11.6 Å². The van der Waals surface area contributed by atoms with Crippen molar-refractivity contribution in [2.45, 2.75) is 25.4 Å². The Bertz CT molecular complexity index is 405. The Morgan fingerprint density at radius 1 is 1.38 bits per heavy atom. The summed E-state index contributed by atoms with van der Waals surface area (Å²) in [7, 11) is 0. The molecule has 1 saturated carbocycles. The lowest BCUT2D eigenvalue weighted by Gasteiger charge is -2.10. The van der Waals surface area contributed by atoms with Crippen molar-refractivity contribution in [2.75, 3.05) is 0 Å². The molecule has 0 heterocycles. The van der Waals surface area contributed by atoms with Crippen LogP contribution >= 0.6 is 12.2 Å². The van der Waals surface area contributed by atoms with Gasteiger partial charge in [-0.2, -0.15) is 0 Å². The molecule has 1 aliphatic carbocycles. The van der Waals surface area contributed by atoms with Gasteiger partial charge in [0, 0.05) is 24.2 Å². The van der Waals surface area contributed by atoms with Crippen LogP contribution in [0.3, 0.4) is 0 Å². The second kappa shape index (κ2) is 4.74. The van der Waals surface area contributed by atoms with Crippen LogP contribution in [0.15, 0.2) is 18.2 Å². The second-order valence-electron chi connectivity index (χ2n) is 3.84. The minimum absolute atomic E-state index is 0.269. The van der Waals surface area contributed by atoms with E-state index in [0.717, 1.165) is 18.9 Å². The summed E-state index contributed by atoms with van der Waals surface area (Å²) in [5.41, 5.74) is 0.404. The summed E-state index contributed by atoms with van der Waals surface area (Å²) in [5, 5.41) is 6.49. The molecule has 0 atom stereocenters. The third kappa shape index (κ3) is 3.13. The maximum absolute atomic E-state index is 13.2. The highest BCUT2D eigenvalue weighted by Gasteiger charge is 2.21. The average Bonchev–Trinajstić information content (AvgIpc) is 3.00. The van der Waals surface area contributed by atoms with E-state index in [-0.39, 0.29) is 6.54 Å². The molecule has 0 spiro atoms. The zero-order valence-electron chi connectivity index (χ0n) is 8.59. The van der Waals surface area contributed by atoms with E-state index in [1.807, 2.05) is 0 Å². The van der Waals surface area contributed by atoms with E-state index >= 15 is 0 Å². The summed E-state index contributed by atoms with van der Waals surface area (Å²) in [5.74, 6) is -1.12. The SMILES string of the molecule is Fc1ccc(CNC(=S)NC2CC2)c(F)c1. The van der Waals surface area contributed by atoms with Gasteiger partial charge in [0.05, 0.1) is 0 Å². The van der Waals surface area contributed by atoms with Crippen LogP contribution in [0.2, 0.25) is 0 Å². The van der Waals surface area contributed by atoms with Gasteiger partial charge in [-0.25, -0.2) is 8.78 Å². The van der Waals surface area contributed by atoms with Gasteiger partial charge in [-0.15, -0.1) is 0 Å². The quantitative estimate of drug-likeness (QED) is 0.794. The molecule has 5 heteroatoms. The van der Waals surface area contributed by atoms with Crippen molar-refractivity contribution in [3.63, 3.8) is 0 Å². The normalized spacial score (nSPS) is 14.6. The van der Waals surface area contributed by atoms with E-state index in [0.29, 0.717) is 16.7 Å². The third-order valence-corrected chi connectivity index (χ3v) is 2.63. The van der Waals surface area contributed by atoms with Gasteiger partial charge in [0.25, 0.3) is 0 Å². The lowest BCUT2D eigenvalue weighted by molar-refractivity contribution is 0.569. The zero-order chi connectivity index (χ0) is 11.5. The minimum Gasteiger partial charge on any atom is -0.360 e. The fourth-order valence-electron chi connectivity index (χ4n) is 1.30. The molecule has 1 fully saturated rings. The Balaban J connectivity index is 1.85. The molecule has 0 bridgehead atoms. The monoisotopic (exact) mass is 242 g/mol. The van der Waals surface area contributed by atoms with Gasteiger partial charge in [-0.05, 0) is 31.1 Å². The predicted octanol–water partition coefficient (Wildman–Crippen LogP) is 2.09. The largest absolute Gasteiger partial charge is 0.360 e. The van der Waals surface area contributed by atoms with Crippen LogP contribution in [0.25, 0.3) is 0 Å². The molecule has 0 saturated heterocycles. The first-order chi connectivity index (χ1) is 7.65. The molecule has 2 rings (SSSR count). The second-order valence-corrected chi connectivity index (χ2v) is 4.25. The molecule has 86 valence electrons. The molecule has 1 aliphatic rings. The Kier molecular flexibility index (Phi) is 3.33. The maximum Gasteiger partial charge on any atom is 0.166 e. The zero-order valence-corrected chi connectivity index (χ0v) is 9.41. The first-order valence-electron chi connectivity index (χ1n) is 5.13. The highest BCUT2D eigenvalue weighted by molar-refractivity contribution is 7.80. The number of hydrogen-bond acceptors (Lipinski definition) is 1. The standard InChI is InChI=1S/C11H12F2N2S/c12-8-2-1-7(10(13)5-8)6-14-11(16)15-9-3-4-9/h1-2,5,9H,3-4,6H2,(H2,14,15,16). The lowest BCUT2D eigenvalue weighted by Crippen LogP contribution is -2.36. The number of benzene rings is 1. The van der Waals surface area contributed by atoms with E-state index in [1.165, 1.54) is 12.1 Å². The molecule has 2 nitrogen and oxygen atoms in total. The van der Waals surface area contributed by atoms with E-state index in [2.05, 4.69) is 10.6 Å². The first kappa shape index (κ1) is 11.3. The van der Waals surface area contributed by atoms with Crippen molar-refractivity contribution in [2.24, 2.45) is 0 Å². The molecular formula is C11H12F2N2S. The summed E-state index contributed by atoms with van der Waals surface area (Å²) >= 11 is 5.02. The minimum atomic E-state index is -0.570. The van der Waals surface area contributed by atoms with Crippen molar-refractivity contribution in [3.8, 4) is 0 Å². The van der Waals surface area contributed by atoms with Crippen LogP contribution in [0.1, 0.15) is 18.4 Å². The van der Waals surface area contributed by atoms with Gasteiger partial charge in [-0.3, -0.25) is 0 Å². The van der Waals surface area contributed by atoms with Gasteiger partial charge in [0.15, 0.2) is 5.11 Å². The molecule has 0 amide bonds. The van der Waals surface area contributed by atoms with Gasteiger partial charge in [-0.1, -0.05) is 6.07 Å². The van der Waals surface area contributed by atoms with E-state index in [1.54, 1.807) is 0 Å². The summed E-state index contributed by atoms with van der Waals surface area (Å²) in [4.78, 5) is 0. The highest BCUT2D eigenvalue weighted by atomic mass is 32.1. The number of nitrogens with one attached hydrogen (secondary N) is 2. The predicted molar refractivity (Wildman–Crippen MR) is 62.0 cm³/mol. The molecule has 16 heavy (non-hydrogen) atoms. The molecule has 2 N–H and O–H groups in total. The summed E-state index contributed by atoms with van der Waals surface area (Å²) in [6.07, 6.45) is 2.26. The fraction of sp³-hybridized carbons (Fsp3) is 0.364. The molecule has 1 aromatic carbocycles. The third-order valence-electron chi connectivity index (χ3n) is 2.37. The summed E-state index contributed by atoms with van der Waals surface area (Å²) in [6, 6.07) is 3.99. The average molecular weight is 242 g/mol. The van der Waals surface area contributed by atoms with Crippen LogP contribution < -0.4 is 10.6 Å². The van der Waals surface area contributed by atoms with Crippen molar-refractivity contribution in [1.29, 1.82) is 0 Å². The Morgan fingerprint density at radius 2 is 2.12 bits per heavy atom. The smallest absolute Gasteiger partial charge is 0.166 e. The fourth-order valence-corrected chi connectivity index (χ4v) is 1.54. The van der Waals surface area contributed by atoms with Crippen LogP contribution in [-0.4, -0.2) is 11.2 Å². The number of thiocarbonyl (C=S) groups is 1. The number of hydrogen-bond donors (Lipinski definition) is 2. The van der Waals surface area contributed by atoms with Gasteiger partial charge in [0.1, 0.15) is 11.6 Å². The van der Waals surface area contributed by atoms with Crippen LogP contribution in [-0.2, 0) is 6.54 Å². The first-order valence-corrected chi connectivity index (χ1v) is 5.54. The summed E-state index contributed by atoms with van der Waals surface area (Å²) < 4.78 is 25.9. The van der Waals surface area contributed by atoms with Crippen LogP contribution in [0.5, 0.6) is 0 Å². The van der Waals surface area contributed by atoms with Crippen molar-refractivity contribution in [1.82, 2.24) is 10.6 Å². The molecular weight excluding hydrogens is 230 g/mol. The Labute approximate surface area is 98.0 Å². The lowest BCUT2D eigenvalue weighted by atomic mass is 10.2. The van der Waals surface area contributed by atoms with Crippen molar-refractivity contribution >= 4 is 17.3 Å². The highest BCUT2D eigenvalue weighted by Crippen LogP contribution is 2.18. The van der Waals surface area contributed by atoms with Crippen molar-refractivity contribution in [3.05, 3.63) is 35.4 Å². The molecule has 1 aromatic rings. The maximum atomic E-state index is 13.2. The Hall–Kier alpha value is -1.23. The van der Waals surface area contributed by atoms with Gasteiger partial charge < -0.3 is 10.6 Å². The molecule has 0 aromatic heterocycles. The molecule has 0 radical (unpaired) electrons. The Morgan fingerprint density at radius 3 is 2.75 bits per heavy atom. The van der Waals surface area contributed by atoms with E-state index in [4.69, 9.17) is 12.2 Å². The van der Waals surface area contributed by atoms with E-state index in [9.17, 15) is 8.78 Å². The molecule has 0 aliphatic heterocycles. The van der Waals surface area contributed by atoms with Crippen molar-refractivity contribution < 1.29 is 8.78 Å².